The van der Waals surface area contributed by atoms with Crippen molar-refractivity contribution in [1.29, 1.82) is 0 Å². The standard InChI is InChI=1S/C28H27N7O3/c1-15(36)23-24(18-11-19-8-9-20(12-18)34(19)28(38)26(30)37)33-27-21(14-32-35(27)25(23)29)17-7-10-22(31-13-17)16-5-3-2-4-6-16/h2-7,10,13-14,18-20H,8-9,11-12,29H2,1H3,(H2,30,37)/t18-,19-,20+. The van der Waals surface area contributed by atoms with Gasteiger partial charge in [-0.3, -0.25) is 19.4 Å². The molecule has 0 unspecified atom stereocenters. The Morgan fingerprint density at radius 1 is 0.947 bits per heavy atom. The summed E-state index contributed by atoms with van der Waals surface area (Å²) in [7, 11) is 0. The van der Waals surface area contributed by atoms with Gasteiger partial charge in [-0.25, -0.2) is 4.98 Å². The quantitative estimate of drug-likeness (QED) is 0.317. The number of aromatic nitrogens is 4. The van der Waals surface area contributed by atoms with Gasteiger partial charge in [0, 0.05) is 40.9 Å². The first-order chi connectivity index (χ1) is 18.3. The van der Waals surface area contributed by atoms with E-state index in [0.717, 1.165) is 35.2 Å². The van der Waals surface area contributed by atoms with Crippen molar-refractivity contribution >= 4 is 29.1 Å². The molecule has 38 heavy (non-hydrogen) atoms. The third-order valence-corrected chi connectivity index (χ3v) is 7.77. The van der Waals surface area contributed by atoms with E-state index in [-0.39, 0.29) is 29.6 Å². The second kappa shape index (κ2) is 9.05. The van der Waals surface area contributed by atoms with Crippen LogP contribution in [0.4, 0.5) is 5.82 Å². The minimum atomic E-state index is -0.940. The lowest BCUT2D eigenvalue weighted by molar-refractivity contribution is -0.147. The van der Waals surface area contributed by atoms with Crippen molar-refractivity contribution in [3.05, 3.63) is 66.1 Å². The van der Waals surface area contributed by atoms with Gasteiger partial charge in [-0.2, -0.15) is 9.61 Å². The van der Waals surface area contributed by atoms with Gasteiger partial charge in [0.2, 0.25) is 0 Å². The van der Waals surface area contributed by atoms with Crippen LogP contribution in [0.5, 0.6) is 0 Å². The predicted molar refractivity (Wildman–Crippen MR) is 141 cm³/mol. The van der Waals surface area contributed by atoms with E-state index in [4.69, 9.17) is 16.5 Å². The van der Waals surface area contributed by atoms with Crippen LogP contribution in [0, 0.1) is 0 Å². The average Bonchev–Trinajstić information content (AvgIpc) is 3.46. The van der Waals surface area contributed by atoms with E-state index >= 15 is 0 Å². The number of rotatable bonds is 4. The molecule has 2 bridgehead atoms. The highest BCUT2D eigenvalue weighted by Gasteiger charge is 2.46. The minimum absolute atomic E-state index is 0.100. The number of ketones is 1. The van der Waals surface area contributed by atoms with Crippen molar-refractivity contribution in [2.45, 2.75) is 50.6 Å². The van der Waals surface area contributed by atoms with E-state index in [0.29, 0.717) is 29.7 Å². The van der Waals surface area contributed by atoms with Crippen molar-refractivity contribution < 1.29 is 14.4 Å². The predicted octanol–water partition coefficient (Wildman–Crippen LogP) is 2.97. The number of amides is 2. The van der Waals surface area contributed by atoms with Crippen LogP contribution in [-0.4, -0.2) is 54.2 Å². The number of Topliss-reactive ketones (excluding diaryl/α,β-unsaturated/α-hetero) is 1. The summed E-state index contributed by atoms with van der Waals surface area (Å²) in [5.41, 5.74) is 16.8. The number of nitrogens with zero attached hydrogens (tertiary/aromatic N) is 5. The van der Waals surface area contributed by atoms with Gasteiger partial charge in [0.1, 0.15) is 5.82 Å². The molecule has 2 amide bonds. The Morgan fingerprint density at radius 2 is 1.66 bits per heavy atom. The van der Waals surface area contributed by atoms with Gasteiger partial charge in [-0.05, 0) is 38.7 Å². The number of hydrogen-bond donors (Lipinski definition) is 2. The lowest BCUT2D eigenvalue weighted by Gasteiger charge is -2.38. The van der Waals surface area contributed by atoms with Crippen LogP contribution in [0.3, 0.4) is 0 Å². The maximum absolute atomic E-state index is 12.8. The van der Waals surface area contributed by atoms with Gasteiger partial charge in [0.15, 0.2) is 11.4 Å². The van der Waals surface area contributed by atoms with E-state index < -0.39 is 11.8 Å². The highest BCUT2D eigenvalue weighted by atomic mass is 16.2. The van der Waals surface area contributed by atoms with Crippen LogP contribution in [0.25, 0.3) is 28.0 Å². The molecule has 5 heterocycles. The highest BCUT2D eigenvalue weighted by Crippen LogP contribution is 2.44. The molecule has 3 atom stereocenters. The molecule has 2 saturated heterocycles. The van der Waals surface area contributed by atoms with Gasteiger partial charge in [0.25, 0.3) is 0 Å². The zero-order valence-electron chi connectivity index (χ0n) is 20.9. The topological polar surface area (TPSA) is 150 Å². The van der Waals surface area contributed by atoms with Crippen LogP contribution >= 0.6 is 0 Å². The number of carbonyl (C=O) groups excluding carboxylic acids is 3. The van der Waals surface area contributed by atoms with Gasteiger partial charge < -0.3 is 16.4 Å². The highest BCUT2D eigenvalue weighted by molar-refractivity contribution is 6.34. The Hall–Kier alpha value is -4.60. The van der Waals surface area contributed by atoms with E-state index in [1.54, 1.807) is 17.3 Å². The molecule has 4 aromatic rings. The lowest BCUT2D eigenvalue weighted by atomic mass is 9.85. The summed E-state index contributed by atoms with van der Waals surface area (Å²) in [5.74, 6) is -1.64. The lowest BCUT2D eigenvalue weighted by Crippen LogP contribution is -2.50. The first-order valence-corrected chi connectivity index (χ1v) is 12.7. The molecular formula is C28H27N7O3. The Morgan fingerprint density at radius 3 is 2.26 bits per heavy atom. The smallest absolute Gasteiger partial charge is 0.312 e. The molecule has 192 valence electrons. The van der Waals surface area contributed by atoms with Crippen LogP contribution < -0.4 is 11.5 Å². The zero-order chi connectivity index (χ0) is 26.6. The number of nitrogen functional groups attached to an aromatic ring is 1. The molecule has 2 fully saturated rings. The van der Waals surface area contributed by atoms with Gasteiger partial charge in [-0.1, -0.05) is 36.4 Å². The fourth-order valence-corrected chi connectivity index (χ4v) is 6.08. The first-order valence-electron chi connectivity index (χ1n) is 12.7. The van der Waals surface area contributed by atoms with Crippen LogP contribution in [0.1, 0.15) is 54.6 Å². The van der Waals surface area contributed by atoms with Gasteiger partial charge >= 0.3 is 11.8 Å². The van der Waals surface area contributed by atoms with E-state index in [1.165, 1.54) is 11.4 Å². The fourth-order valence-electron chi connectivity index (χ4n) is 6.08. The third-order valence-electron chi connectivity index (χ3n) is 7.77. The summed E-state index contributed by atoms with van der Waals surface area (Å²) in [4.78, 5) is 48.0. The Balaban J connectivity index is 1.40. The second-order valence-corrected chi connectivity index (χ2v) is 10.0. The normalized spacial score (nSPS) is 20.6. The van der Waals surface area contributed by atoms with Crippen molar-refractivity contribution in [3.63, 3.8) is 0 Å². The molecule has 0 aliphatic carbocycles. The molecule has 6 rings (SSSR count). The van der Waals surface area contributed by atoms with E-state index in [2.05, 4.69) is 10.1 Å². The molecule has 10 nitrogen and oxygen atoms in total. The molecule has 0 spiro atoms. The SMILES string of the molecule is CC(=O)c1c([C@@H]2C[C@H]3CC[C@@H](C2)N3C(=O)C(N)=O)nc2c(-c3ccc(-c4ccccc4)nc3)cnn2c1N. The maximum Gasteiger partial charge on any atom is 0.312 e. The zero-order valence-corrected chi connectivity index (χ0v) is 20.9. The summed E-state index contributed by atoms with van der Waals surface area (Å²) >= 11 is 0. The maximum atomic E-state index is 12.8. The number of hydrogen-bond acceptors (Lipinski definition) is 7. The van der Waals surface area contributed by atoms with Crippen molar-refractivity contribution in [2.75, 3.05) is 5.73 Å². The number of piperidine rings is 1. The molecular weight excluding hydrogens is 482 g/mol. The number of primary amides is 1. The molecule has 3 aromatic heterocycles. The first kappa shape index (κ1) is 23.8. The van der Waals surface area contributed by atoms with Crippen LogP contribution in [0.2, 0.25) is 0 Å². The summed E-state index contributed by atoms with van der Waals surface area (Å²) in [6.07, 6.45) is 6.19. The molecule has 1 aromatic carbocycles. The number of pyridine rings is 1. The molecule has 10 heteroatoms. The van der Waals surface area contributed by atoms with Crippen LogP contribution in [-0.2, 0) is 9.59 Å². The Bertz CT molecular complexity index is 1570. The van der Waals surface area contributed by atoms with Crippen molar-refractivity contribution in [2.24, 2.45) is 5.73 Å². The Labute approximate surface area is 218 Å². The van der Waals surface area contributed by atoms with E-state index in [1.807, 2.05) is 42.5 Å². The number of anilines is 1. The van der Waals surface area contributed by atoms with Crippen LogP contribution in [0.15, 0.2) is 54.9 Å². The molecule has 4 N–H and O–H groups in total. The second-order valence-electron chi connectivity index (χ2n) is 10.0. The molecule has 2 aliphatic heterocycles. The molecule has 0 radical (unpaired) electrons. The summed E-state index contributed by atoms with van der Waals surface area (Å²) < 4.78 is 1.50. The van der Waals surface area contributed by atoms with Gasteiger partial charge in [-0.15, -0.1) is 0 Å². The summed E-state index contributed by atoms with van der Waals surface area (Å²) in [5, 5.41) is 4.45. The van der Waals surface area contributed by atoms with Crippen molar-refractivity contribution in [1.82, 2.24) is 24.5 Å². The largest absolute Gasteiger partial charge is 0.383 e. The fraction of sp³-hybridized carbons (Fsp3) is 0.286. The van der Waals surface area contributed by atoms with Gasteiger partial charge in [0.05, 0.1) is 23.1 Å². The number of benzene rings is 1. The number of nitrogens with two attached hydrogens (primary N) is 2. The summed E-state index contributed by atoms with van der Waals surface area (Å²) in [6.45, 7) is 1.47. The number of carbonyl (C=O) groups is 3. The summed E-state index contributed by atoms with van der Waals surface area (Å²) in [6, 6.07) is 13.6. The van der Waals surface area contributed by atoms with E-state index in [9.17, 15) is 14.4 Å². The average molecular weight is 510 g/mol. The number of fused-ring (bicyclic) bond motifs is 3. The minimum Gasteiger partial charge on any atom is -0.383 e. The van der Waals surface area contributed by atoms with Crippen molar-refractivity contribution in [3.8, 4) is 22.4 Å². The monoisotopic (exact) mass is 509 g/mol. The third kappa shape index (κ3) is 3.80. The Kier molecular flexibility index (Phi) is 5.67. The molecule has 2 aliphatic rings. The molecule has 0 saturated carbocycles.